The van der Waals surface area contributed by atoms with Crippen molar-refractivity contribution in [2.75, 3.05) is 34.9 Å². The maximum atomic E-state index is 12.5. The van der Waals surface area contributed by atoms with Gasteiger partial charge < -0.3 is 19.7 Å². The third-order valence-corrected chi connectivity index (χ3v) is 4.90. The third-order valence-electron chi connectivity index (χ3n) is 3.65. The van der Waals surface area contributed by atoms with Crippen molar-refractivity contribution in [1.29, 1.82) is 0 Å². The van der Waals surface area contributed by atoms with Gasteiger partial charge in [-0.3, -0.25) is 4.79 Å². The molecule has 0 aliphatic rings. The number of hydrogen-bond donors (Lipinski definition) is 1. The molecule has 1 heterocycles. The number of thiophene rings is 1. The van der Waals surface area contributed by atoms with Gasteiger partial charge in [-0.15, -0.1) is 11.3 Å². The molecule has 2 rings (SSSR count). The standard InChI is InChI=1S/C17H21ClN2O3S/c1-20(2)13(15-6-5-7-24-15)10-19-17(21)11-8-12(18)16(23-4)14(9-11)22-3/h5-9,13H,10H2,1-4H3,(H,19,21). The normalized spacial score (nSPS) is 12.1. The molecule has 1 amide bonds. The van der Waals surface area contributed by atoms with Crippen LogP contribution >= 0.6 is 22.9 Å². The Morgan fingerprint density at radius 3 is 2.62 bits per heavy atom. The van der Waals surface area contributed by atoms with Gasteiger partial charge in [-0.2, -0.15) is 0 Å². The van der Waals surface area contributed by atoms with Crippen LogP contribution in [0.1, 0.15) is 21.3 Å². The summed E-state index contributed by atoms with van der Waals surface area (Å²) in [6, 6.07) is 7.38. The number of likely N-dealkylation sites (N-methyl/N-ethyl adjacent to an activating group) is 1. The van der Waals surface area contributed by atoms with Gasteiger partial charge in [0.25, 0.3) is 5.91 Å². The van der Waals surface area contributed by atoms with Gasteiger partial charge in [0.05, 0.1) is 25.3 Å². The van der Waals surface area contributed by atoms with E-state index in [-0.39, 0.29) is 11.9 Å². The lowest BCUT2D eigenvalue weighted by Gasteiger charge is -2.23. The van der Waals surface area contributed by atoms with E-state index in [0.29, 0.717) is 28.6 Å². The molecule has 2 aromatic rings. The number of hydrogen-bond acceptors (Lipinski definition) is 5. The van der Waals surface area contributed by atoms with Gasteiger partial charge in [0.15, 0.2) is 11.5 Å². The summed E-state index contributed by atoms with van der Waals surface area (Å²) in [4.78, 5) is 15.8. The molecule has 7 heteroatoms. The topological polar surface area (TPSA) is 50.8 Å². The van der Waals surface area contributed by atoms with Crippen LogP contribution in [0.25, 0.3) is 0 Å². The van der Waals surface area contributed by atoms with Crippen molar-refractivity contribution >= 4 is 28.8 Å². The molecule has 130 valence electrons. The molecule has 0 saturated heterocycles. The summed E-state index contributed by atoms with van der Waals surface area (Å²) in [5.41, 5.74) is 0.432. The molecule has 0 fully saturated rings. The van der Waals surface area contributed by atoms with Gasteiger partial charge >= 0.3 is 0 Å². The summed E-state index contributed by atoms with van der Waals surface area (Å²) in [6.07, 6.45) is 0. The van der Waals surface area contributed by atoms with E-state index in [2.05, 4.69) is 16.3 Å². The Labute approximate surface area is 151 Å². The van der Waals surface area contributed by atoms with Crippen LogP contribution in [0, 0.1) is 0 Å². The number of carbonyl (C=O) groups is 1. The van der Waals surface area contributed by atoms with Gasteiger partial charge in [0.1, 0.15) is 0 Å². The van der Waals surface area contributed by atoms with Gasteiger partial charge in [-0.05, 0) is 37.7 Å². The maximum absolute atomic E-state index is 12.5. The highest BCUT2D eigenvalue weighted by Gasteiger charge is 2.19. The molecule has 0 spiro atoms. The fraction of sp³-hybridized carbons (Fsp3) is 0.353. The summed E-state index contributed by atoms with van der Waals surface area (Å²) in [5, 5.41) is 5.32. The summed E-state index contributed by atoms with van der Waals surface area (Å²) in [5.74, 6) is 0.638. The number of nitrogens with one attached hydrogen (secondary N) is 1. The lowest BCUT2D eigenvalue weighted by Crippen LogP contribution is -2.34. The Balaban J connectivity index is 2.13. The maximum Gasteiger partial charge on any atom is 0.251 e. The molecule has 0 aliphatic heterocycles. The molecule has 0 radical (unpaired) electrons. The molecule has 1 N–H and O–H groups in total. The van der Waals surface area contributed by atoms with Crippen molar-refractivity contribution in [3.8, 4) is 11.5 Å². The molecular weight excluding hydrogens is 348 g/mol. The molecule has 0 saturated carbocycles. The predicted molar refractivity (Wildman–Crippen MR) is 97.6 cm³/mol. The van der Waals surface area contributed by atoms with E-state index in [4.69, 9.17) is 21.1 Å². The Kier molecular flexibility index (Phi) is 6.48. The number of amides is 1. The smallest absolute Gasteiger partial charge is 0.251 e. The molecule has 1 atom stereocenters. The first-order valence-corrected chi connectivity index (χ1v) is 8.63. The van der Waals surface area contributed by atoms with Gasteiger partial charge in [0, 0.05) is 17.0 Å². The lowest BCUT2D eigenvalue weighted by atomic mass is 10.1. The highest BCUT2D eigenvalue weighted by atomic mass is 35.5. The fourth-order valence-electron chi connectivity index (χ4n) is 2.36. The van der Waals surface area contributed by atoms with E-state index in [1.165, 1.54) is 19.1 Å². The zero-order valence-electron chi connectivity index (χ0n) is 14.1. The Hall–Kier alpha value is -1.76. The quantitative estimate of drug-likeness (QED) is 0.813. The first kappa shape index (κ1) is 18.6. The van der Waals surface area contributed by atoms with E-state index in [1.807, 2.05) is 25.5 Å². The van der Waals surface area contributed by atoms with Crippen molar-refractivity contribution in [3.05, 3.63) is 45.1 Å². The molecular formula is C17H21ClN2O3S. The summed E-state index contributed by atoms with van der Waals surface area (Å²) in [6.45, 7) is 0.498. The van der Waals surface area contributed by atoms with Crippen LogP contribution in [0.4, 0.5) is 0 Å². The number of ether oxygens (including phenoxy) is 2. The highest BCUT2D eigenvalue weighted by Crippen LogP contribution is 2.36. The zero-order valence-corrected chi connectivity index (χ0v) is 15.7. The number of nitrogens with zero attached hydrogens (tertiary/aromatic N) is 1. The summed E-state index contributed by atoms with van der Waals surface area (Å²) in [7, 11) is 6.99. The second-order valence-electron chi connectivity index (χ2n) is 5.40. The Bertz CT molecular complexity index is 689. The van der Waals surface area contributed by atoms with E-state index >= 15 is 0 Å². The van der Waals surface area contributed by atoms with Crippen molar-refractivity contribution in [2.24, 2.45) is 0 Å². The van der Waals surface area contributed by atoms with Crippen LogP contribution in [0.3, 0.4) is 0 Å². The Morgan fingerprint density at radius 1 is 1.33 bits per heavy atom. The summed E-state index contributed by atoms with van der Waals surface area (Å²) < 4.78 is 10.4. The van der Waals surface area contributed by atoms with Crippen LogP contribution in [-0.2, 0) is 0 Å². The van der Waals surface area contributed by atoms with Crippen molar-refractivity contribution in [3.63, 3.8) is 0 Å². The van der Waals surface area contributed by atoms with Crippen LogP contribution in [0.15, 0.2) is 29.6 Å². The molecule has 0 aliphatic carbocycles. The Morgan fingerprint density at radius 2 is 2.08 bits per heavy atom. The van der Waals surface area contributed by atoms with E-state index < -0.39 is 0 Å². The highest BCUT2D eigenvalue weighted by molar-refractivity contribution is 7.10. The molecule has 1 unspecified atom stereocenters. The average Bonchev–Trinajstić information content (AvgIpc) is 3.07. The van der Waals surface area contributed by atoms with E-state index in [0.717, 1.165) is 0 Å². The molecule has 24 heavy (non-hydrogen) atoms. The van der Waals surface area contributed by atoms with Crippen LogP contribution in [0.2, 0.25) is 5.02 Å². The first-order chi connectivity index (χ1) is 11.5. The minimum atomic E-state index is -0.207. The minimum Gasteiger partial charge on any atom is -0.493 e. The van der Waals surface area contributed by atoms with Crippen LogP contribution in [0.5, 0.6) is 11.5 Å². The van der Waals surface area contributed by atoms with Crippen molar-refractivity contribution in [1.82, 2.24) is 10.2 Å². The van der Waals surface area contributed by atoms with Crippen LogP contribution < -0.4 is 14.8 Å². The number of halogens is 1. The second-order valence-corrected chi connectivity index (χ2v) is 6.78. The van der Waals surface area contributed by atoms with Gasteiger partial charge in [-0.25, -0.2) is 0 Å². The number of rotatable bonds is 7. The first-order valence-electron chi connectivity index (χ1n) is 7.37. The van der Waals surface area contributed by atoms with Crippen molar-refractivity contribution in [2.45, 2.75) is 6.04 Å². The second kappa shape index (κ2) is 8.37. The number of benzene rings is 1. The van der Waals surface area contributed by atoms with Gasteiger partial charge in [-0.1, -0.05) is 17.7 Å². The van der Waals surface area contributed by atoms with E-state index in [9.17, 15) is 4.79 Å². The molecule has 5 nitrogen and oxygen atoms in total. The average molecular weight is 369 g/mol. The van der Waals surface area contributed by atoms with Crippen molar-refractivity contribution < 1.29 is 14.3 Å². The molecule has 1 aromatic carbocycles. The fourth-order valence-corrected chi connectivity index (χ4v) is 3.57. The minimum absolute atomic E-state index is 0.115. The monoisotopic (exact) mass is 368 g/mol. The number of methoxy groups -OCH3 is 2. The molecule has 1 aromatic heterocycles. The molecule has 0 bridgehead atoms. The predicted octanol–water partition coefficient (Wildman–Crippen LogP) is 3.45. The lowest BCUT2D eigenvalue weighted by molar-refractivity contribution is 0.0942. The zero-order chi connectivity index (χ0) is 17.7. The van der Waals surface area contributed by atoms with E-state index in [1.54, 1.807) is 23.5 Å². The SMILES string of the molecule is COc1cc(C(=O)NCC(c2cccs2)N(C)C)cc(Cl)c1OC. The number of carbonyl (C=O) groups excluding carboxylic acids is 1. The van der Waals surface area contributed by atoms with Gasteiger partial charge in [0.2, 0.25) is 0 Å². The van der Waals surface area contributed by atoms with Crippen LogP contribution in [-0.4, -0.2) is 45.7 Å². The third kappa shape index (κ3) is 4.20. The largest absolute Gasteiger partial charge is 0.493 e. The summed E-state index contributed by atoms with van der Waals surface area (Å²) >= 11 is 7.83.